The Bertz CT molecular complexity index is 604. The normalized spacial score (nSPS) is 10.6. The molecule has 0 aliphatic carbocycles. The van der Waals surface area contributed by atoms with E-state index in [0.29, 0.717) is 12.1 Å². The number of hydrogen-bond acceptors (Lipinski definition) is 2. The molecule has 0 fully saturated rings. The smallest absolute Gasteiger partial charge is 0.130 e. The van der Waals surface area contributed by atoms with Crippen LogP contribution in [0.2, 0.25) is 0 Å². The van der Waals surface area contributed by atoms with E-state index in [4.69, 9.17) is 4.74 Å². The number of hydrogen-bond donors (Lipinski definition) is 1. The first-order valence-corrected chi connectivity index (χ1v) is 7.68. The lowest BCUT2D eigenvalue weighted by atomic mass is 10.2. The number of benzene rings is 2. The Morgan fingerprint density at radius 2 is 1.75 bits per heavy atom. The molecule has 2 rings (SSSR count). The molecule has 0 amide bonds. The largest absolute Gasteiger partial charge is 0.488 e. The predicted octanol–water partition coefficient (Wildman–Crippen LogP) is 4.65. The van der Waals surface area contributed by atoms with Gasteiger partial charge in [0.25, 0.3) is 0 Å². The molecule has 0 radical (unpaired) electrons. The average molecular weight is 403 g/mol. The fourth-order valence-corrected chi connectivity index (χ4v) is 2.55. The van der Waals surface area contributed by atoms with Gasteiger partial charge < -0.3 is 10.1 Å². The monoisotopic (exact) mass is 401 g/mol. The highest BCUT2D eigenvalue weighted by molar-refractivity contribution is 9.10. The molecule has 0 saturated carbocycles. The molecule has 0 spiro atoms. The number of halogens is 3. The summed E-state index contributed by atoms with van der Waals surface area (Å²) in [6, 6.07) is 10.7. The molecule has 1 N–H and O–H groups in total. The molecule has 0 bridgehead atoms. The minimum atomic E-state index is -0.272. The van der Waals surface area contributed by atoms with Crippen molar-refractivity contribution in [2.45, 2.75) is 13.2 Å². The molecule has 0 aliphatic heterocycles. The van der Waals surface area contributed by atoms with Crippen LogP contribution in [0.4, 0.5) is 4.39 Å². The van der Waals surface area contributed by atoms with Gasteiger partial charge in [0.05, 0.1) is 0 Å². The van der Waals surface area contributed by atoms with E-state index in [2.05, 4.69) is 37.2 Å². The summed E-state index contributed by atoms with van der Waals surface area (Å²) in [5, 5.41) is 3.09. The van der Waals surface area contributed by atoms with E-state index < -0.39 is 0 Å². The van der Waals surface area contributed by atoms with Gasteiger partial charge in [0.15, 0.2) is 0 Å². The van der Waals surface area contributed by atoms with Crippen molar-refractivity contribution in [1.29, 1.82) is 0 Å². The minimum Gasteiger partial charge on any atom is -0.488 e. The van der Waals surface area contributed by atoms with Crippen LogP contribution in [0.15, 0.2) is 45.3 Å². The van der Waals surface area contributed by atoms with Crippen LogP contribution in [0.1, 0.15) is 11.1 Å². The summed E-state index contributed by atoms with van der Waals surface area (Å²) >= 11 is 6.67. The fraction of sp³-hybridized carbons (Fsp3) is 0.200. The first-order chi connectivity index (χ1) is 9.60. The highest BCUT2D eigenvalue weighted by atomic mass is 79.9. The number of nitrogens with one attached hydrogen (secondary N) is 1. The van der Waals surface area contributed by atoms with Crippen LogP contribution >= 0.6 is 31.9 Å². The molecule has 5 heteroatoms. The van der Waals surface area contributed by atoms with Crippen molar-refractivity contribution in [3.8, 4) is 5.75 Å². The van der Waals surface area contributed by atoms with Crippen LogP contribution in [0.3, 0.4) is 0 Å². The van der Waals surface area contributed by atoms with Gasteiger partial charge in [-0.3, -0.25) is 0 Å². The first kappa shape index (κ1) is 15.5. The Morgan fingerprint density at radius 3 is 2.45 bits per heavy atom. The van der Waals surface area contributed by atoms with Crippen LogP contribution in [0, 0.1) is 5.82 Å². The van der Waals surface area contributed by atoms with Crippen LogP contribution < -0.4 is 10.1 Å². The van der Waals surface area contributed by atoms with E-state index in [1.807, 2.05) is 25.2 Å². The summed E-state index contributed by atoms with van der Waals surface area (Å²) in [7, 11) is 1.87. The molecule has 0 saturated heterocycles. The van der Waals surface area contributed by atoms with Crippen molar-refractivity contribution < 1.29 is 9.13 Å². The van der Waals surface area contributed by atoms with Gasteiger partial charge in [-0.05, 0) is 37.4 Å². The molecule has 0 aliphatic rings. The van der Waals surface area contributed by atoms with Crippen molar-refractivity contribution in [3.05, 3.63) is 62.3 Å². The molecule has 2 aromatic rings. The van der Waals surface area contributed by atoms with Crippen molar-refractivity contribution in [2.75, 3.05) is 7.05 Å². The molecule has 106 valence electrons. The van der Waals surface area contributed by atoms with E-state index in [1.165, 1.54) is 6.07 Å². The van der Waals surface area contributed by atoms with Crippen LogP contribution in [-0.2, 0) is 13.2 Å². The van der Waals surface area contributed by atoms with E-state index in [9.17, 15) is 4.39 Å². The van der Waals surface area contributed by atoms with Crippen molar-refractivity contribution in [1.82, 2.24) is 5.32 Å². The molecular weight excluding hydrogens is 389 g/mol. The second kappa shape index (κ2) is 7.20. The van der Waals surface area contributed by atoms with Crippen LogP contribution in [0.25, 0.3) is 0 Å². The second-order valence-electron chi connectivity index (χ2n) is 4.31. The molecule has 2 nitrogen and oxygen atoms in total. The third-order valence-electron chi connectivity index (χ3n) is 2.79. The summed E-state index contributed by atoms with van der Waals surface area (Å²) < 4.78 is 21.2. The highest BCUT2D eigenvalue weighted by Crippen LogP contribution is 2.25. The maximum atomic E-state index is 13.7. The minimum absolute atomic E-state index is 0.206. The van der Waals surface area contributed by atoms with E-state index in [-0.39, 0.29) is 12.4 Å². The number of rotatable bonds is 5. The summed E-state index contributed by atoms with van der Waals surface area (Å²) in [5.41, 5.74) is 1.56. The van der Waals surface area contributed by atoms with Crippen molar-refractivity contribution >= 4 is 31.9 Å². The van der Waals surface area contributed by atoms with E-state index >= 15 is 0 Å². The lowest BCUT2D eigenvalue weighted by Crippen LogP contribution is -2.08. The van der Waals surface area contributed by atoms with Crippen LogP contribution in [0.5, 0.6) is 5.75 Å². The Labute approximate surface area is 134 Å². The molecular formula is C15H14Br2FNO. The van der Waals surface area contributed by atoms with Crippen molar-refractivity contribution in [2.24, 2.45) is 0 Å². The van der Waals surface area contributed by atoms with E-state index in [1.54, 1.807) is 12.1 Å². The summed E-state index contributed by atoms with van der Waals surface area (Å²) in [6.07, 6.45) is 0. The Hall–Kier alpha value is -0.910. The van der Waals surface area contributed by atoms with Gasteiger partial charge in [0, 0.05) is 26.6 Å². The highest BCUT2D eigenvalue weighted by Gasteiger charge is 2.07. The summed E-state index contributed by atoms with van der Waals surface area (Å²) in [4.78, 5) is 0. The van der Waals surface area contributed by atoms with Gasteiger partial charge in [0.2, 0.25) is 0 Å². The van der Waals surface area contributed by atoms with Gasteiger partial charge in [-0.2, -0.15) is 0 Å². The maximum Gasteiger partial charge on any atom is 0.130 e. The lowest BCUT2D eigenvalue weighted by Gasteiger charge is -2.12. The van der Waals surface area contributed by atoms with Gasteiger partial charge in [-0.25, -0.2) is 4.39 Å². The Morgan fingerprint density at radius 1 is 1.05 bits per heavy atom. The van der Waals surface area contributed by atoms with Gasteiger partial charge in [-0.1, -0.05) is 37.9 Å². The number of ether oxygens (including phenoxy) is 1. The summed E-state index contributed by atoms with van der Waals surface area (Å²) in [5.74, 6) is 0.483. The molecule has 0 atom stereocenters. The molecule has 0 aromatic heterocycles. The van der Waals surface area contributed by atoms with Crippen molar-refractivity contribution in [3.63, 3.8) is 0 Å². The Balaban J connectivity index is 2.14. The quantitative estimate of drug-likeness (QED) is 0.785. The molecule has 2 aromatic carbocycles. The zero-order valence-corrected chi connectivity index (χ0v) is 14.1. The molecule has 0 heterocycles. The van der Waals surface area contributed by atoms with Crippen LogP contribution in [-0.4, -0.2) is 7.05 Å². The van der Waals surface area contributed by atoms with Gasteiger partial charge in [0.1, 0.15) is 18.2 Å². The Kier molecular flexibility index (Phi) is 5.57. The van der Waals surface area contributed by atoms with Gasteiger partial charge in [-0.15, -0.1) is 0 Å². The molecule has 0 unspecified atom stereocenters. The zero-order chi connectivity index (χ0) is 14.5. The first-order valence-electron chi connectivity index (χ1n) is 6.10. The average Bonchev–Trinajstić information content (AvgIpc) is 2.40. The zero-order valence-electron chi connectivity index (χ0n) is 10.9. The maximum absolute atomic E-state index is 13.7. The fourth-order valence-electron chi connectivity index (χ4n) is 1.81. The van der Waals surface area contributed by atoms with E-state index in [0.717, 1.165) is 20.3 Å². The van der Waals surface area contributed by atoms with Gasteiger partial charge >= 0.3 is 0 Å². The molecule has 20 heavy (non-hydrogen) atoms. The SMILES string of the molecule is CNCc1cc(Br)ccc1OCc1ccc(Br)cc1F. The lowest BCUT2D eigenvalue weighted by molar-refractivity contribution is 0.296. The third-order valence-corrected chi connectivity index (χ3v) is 3.77. The second-order valence-corrected chi connectivity index (χ2v) is 6.14. The third kappa shape index (κ3) is 4.04. The predicted molar refractivity (Wildman–Crippen MR) is 85.3 cm³/mol. The topological polar surface area (TPSA) is 21.3 Å². The standard InChI is InChI=1S/C15H14Br2FNO/c1-19-8-11-6-12(16)4-5-15(11)20-9-10-2-3-13(17)7-14(10)18/h2-7,19H,8-9H2,1H3. The summed E-state index contributed by atoms with van der Waals surface area (Å²) in [6.45, 7) is 0.898.